The second-order valence-corrected chi connectivity index (χ2v) is 8.18. The maximum atomic E-state index is 12.6. The SMILES string of the molecule is Cc1cc2oc(=O)cc(COC(=O)C3CC(=O)N(CCc4ccccc4)C3)c2cc1Cl. The maximum Gasteiger partial charge on any atom is 0.336 e. The predicted molar refractivity (Wildman–Crippen MR) is 117 cm³/mol. The summed E-state index contributed by atoms with van der Waals surface area (Å²) in [6.07, 6.45) is 0.872. The summed E-state index contributed by atoms with van der Waals surface area (Å²) in [7, 11) is 0. The van der Waals surface area contributed by atoms with E-state index in [4.69, 9.17) is 20.8 Å². The Labute approximate surface area is 184 Å². The number of hydrogen-bond acceptors (Lipinski definition) is 5. The molecule has 0 bridgehead atoms. The van der Waals surface area contributed by atoms with E-state index < -0.39 is 17.5 Å². The van der Waals surface area contributed by atoms with Crippen LogP contribution in [-0.4, -0.2) is 29.9 Å². The Morgan fingerprint density at radius 3 is 2.74 bits per heavy atom. The van der Waals surface area contributed by atoms with Crippen molar-refractivity contribution in [2.24, 2.45) is 5.92 Å². The highest BCUT2D eigenvalue weighted by Gasteiger charge is 2.35. The van der Waals surface area contributed by atoms with Gasteiger partial charge in [-0.15, -0.1) is 0 Å². The summed E-state index contributed by atoms with van der Waals surface area (Å²) in [5.41, 5.74) is 2.32. The van der Waals surface area contributed by atoms with Crippen molar-refractivity contribution in [1.29, 1.82) is 0 Å². The highest BCUT2D eigenvalue weighted by Crippen LogP contribution is 2.26. The van der Waals surface area contributed by atoms with Crippen molar-refractivity contribution in [2.45, 2.75) is 26.4 Å². The second-order valence-electron chi connectivity index (χ2n) is 7.77. The van der Waals surface area contributed by atoms with Gasteiger partial charge in [0.2, 0.25) is 5.91 Å². The average Bonchev–Trinajstić information content (AvgIpc) is 3.13. The van der Waals surface area contributed by atoms with Crippen LogP contribution in [0.15, 0.2) is 57.7 Å². The van der Waals surface area contributed by atoms with Gasteiger partial charge in [0.25, 0.3) is 0 Å². The number of rotatable bonds is 6. The van der Waals surface area contributed by atoms with E-state index in [9.17, 15) is 14.4 Å². The third-order valence-corrected chi connectivity index (χ3v) is 5.95. The molecule has 0 aliphatic carbocycles. The molecule has 1 aromatic heterocycles. The van der Waals surface area contributed by atoms with E-state index in [0.717, 1.165) is 17.5 Å². The lowest BCUT2D eigenvalue weighted by molar-refractivity contribution is -0.149. The number of hydrogen-bond donors (Lipinski definition) is 0. The molecule has 0 N–H and O–H groups in total. The van der Waals surface area contributed by atoms with Gasteiger partial charge in [-0.05, 0) is 36.6 Å². The smallest absolute Gasteiger partial charge is 0.336 e. The largest absolute Gasteiger partial charge is 0.461 e. The number of esters is 1. The van der Waals surface area contributed by atoms with E-state index in [-0.39, 0.29) is 18.9 Å². The van der Waals surface area contributed by atoms with Crippen LogP contribution in [-0.2, 0) is 27.4 Å². The molecule has 2 aromatic carbocycles. The number of ether oxygens (including phenoxy) is 1. The molecule has 3 aromatic rings. The van der Waals surface area contributed by atoms with Gasteiger partial charge in [-0.1, -0.05) is 41.9 Å². The van der Waals surface area contributed by atoms with E-state index in [2.05, 4.69) is 0 Å². The molecular weight excluding hydrogens is 418 g/mol. The Balaban J connectivity index is 1.40. The number of carbonyl (C=O) groups is 2. The number of benzene rings is 2. The minimum absolute atomic E-state index is 0.0501. The molecule has 1 aliphatic rings. The summed E-state index contributed by atoms with van der Waals surface area (Å²) in [5, 5.41) is 1.15. The van der Waals surface area contributed by atoms with Crippen LogP contribution < -0.4 is 5.63 Å². The standard InChI is InChI=1S/C24H22ClNO5/c1-15-9-21-19(12-20(15)25)18(11-23(28)31-21)14-30-24(29)17-10-22(27)26(13-17)8-7-16-5-3-2-4-6-16/h2-6,9,11-12,17H,7-8,10,13-14H2,1H3. The summed E-state index contributed by atoms with van der Waals surface area (Å²) in [5.74, 6) is -1.01. The van der Waals surface area contributed by atoms with Crippen LogP contribution in [0.5, 0.6) is 0 Å². The van der Waals surface area contributed by atoms with E-state index in [1.54, 1.807) is 17.0 Å². The van der Waals surface area contributed by atoms with Gasteiger partial charge in [0.15, 0.2) is 0 Å². The van der Waals surface area contributed by atoms with Crippen molar-refractivity contribution in [3.63, 3.8) is 0 Å². The van der Waals surface area contributed by atoms with Crippen LogP contribution in [0.3, 0.4) is 0 Å². The molecule has 2 heterocycles. The Morgan fingerprint density at radius 1 is 1.19 bits per heavy atom. The van der Waals surface area contributed by atoms with Gasteiger partial charge >= 0.3 is 11.6 Å². The summed E-state index contributed by atoms with van der Waals surface area (Å²) in [6.45, 7) is 2.63. The quantitative estimate of drug-likeness (QED) is 0.430. The minimum atomic E-state index is -0.525. The molecule has 0 saturated carbocycles. The van der Waals surface area contributed by atoms with Crippen molar-refractivity contribution in [1.82, 2.24) is 4.90 Å². The monoisotopic (exact) mass is 439 g/mol. The fourth-order valence-corrected chi connectivity index (χ4v) is 3.95. The van der Waals surface area contributed by atoms with Crippen molar-refractivity contribution < 1.29 is 18.7 Å². The second kappa shape index (κ2) is 8.94. The van der Waals surface area contributed by atoms with E-state index in [0.29, 0.717) is 34.6 Å². The zero-order chi connectivity index (χ0) is 22.0. The number of likely N-dealkylation sites (tertiary alicyclic amines) is 1. The molecule has 6 nitrogen and oxygen atoms in total. The minimum Gasteiger partial charge on any atom is -0.461 e. The summed E-state index contributed by atoms with van der Waals surface area (Å²) in [4.78, 5) is 38.5. The maximum absolute atomic E-state index is 12.6. The highest BCUT2D eigenvalue weighted by molar-refractivity contribution is 6.32. The third kappa shape index (κ3) is 4.80. The van der Waals surface area contributed by atoms with Crippen molar-refractivity contribution in [3.05, 3.63) is 80.7 Å². The number of amides is 1. The summed E-state index contributed by atoms with van der Waals surface area (Å²) >= 11 is 6.20. The molecule has 1 saturated heterocycles. The molecule has 160 valence electrons. The predicted octanol–water partition coefficient (Wildman–Crippen LogP) is 3.89. The van der Waals surface area contributed by atoms with Crippen LogP contribution in [0.25, 0.3) is 11.0 Å². The topological polar surface area (TPSA) is 76.8 Å². The first kappa shape index (κ1) is 21.1. The molecule has 1 aliphatic heterocycles. The van der Waals surface area contributed by atoms with Crippen molar-refractivity contribution in [3.8, 4) is 0 Å². The Hall–Kier alpha value is -3.12. The Bertz CT molecular complexity index is 1190. The Morgan fingerprint density at radius 2 is 1.97 bits per heavy atom. The fourth-order valence-electron chi connectivity index (χ4n) is 3.79. The lowest BCUT2D eigenvalue weighted by atomic mass is 10.1. The number of carbonyl (C=O) groups excluding carboxylic acids is 2. The molecule has 1 unspecified atom stereocenters. The first-order chi connectivity index (χ1) is 14.9. The molecule has 7 heteroatoms. The molecule has 31 heavy (non-hydrogen) atoms. The van der Waals surface area contributed by atoms with Crippen LogP contribution in [0.1, 0.15) is 23.1 Å². The number of fused-ring (bicyclic) bond motifs is 1. The van der Waals surface area contributed by atoms with E-state index >= 15 is 0 Å². The molecule has 1 atom stereocenters. The average molecular weight is 440 g/mol. The van der Waals surface area contributed by atoms with Crippen LogP contribution in [0, 0.1) is 12.8 Å². The summed E-state index contributed by atoms with van der Waals surface area (Å²) < 4.78 is 10.7. The first-order valence-corrected chi connectivity index (χ1v) is 10.5. The molecule has 1 fully saturated rings. The number of halogens is 1. The lowest BCUT2D eigenvalue weighted by Crippen LogP contribution is -2.28. The molecule has 1 amide bonds. The molecule has 4 rings (SSSR count). The van der Waals surface area contributed by atoms with Crippen molar-refractivity contribution >= 4 is 34.4 Å². The van der Waals surface area contributed by atoms with E-state index in [1.165, 1.54) is 6.07 Å². The third-order valence-electron chi connectivity index (χ3n) is 5.54. The number of aryl methyl sites for hydroxylation is 1. The van der Waals surface area contributed by atoms with Gasteiger partial charge in [0.1, 0.15) is 12.2 Å². The zero-order valence-electron chi connectivity index (χ0n) is 17.1. The fraction of sp³-hybridized carbons (Fsp3) is 0.292. The zero-order valence-corrected chi connectivity index (χ0v) is 17.9. The van der Waals surface area contributed by atoms with Gasteiger partial charge in [-0.3, -0.25) is 9.59 Å². The van der Waals surface area contributed by atoms with Gasteiger partial charge in [-0.25, -0.2) is 4.79 Å². The van der Waals surface area contributed by atoms with E-state index in [1.807, 2.05) is 37.3 Å². The van der Waals surface area contributed by atoms with Crippen LogP contribution in [0.2, 0.25) is 5.02 Å². The van der Waals surface area contributed by atoms with Crippen LogP contribution in [0.4, 0.5) is 0 Å². The molecule has 0 radical (unpaired) electrons. The summed E-state index contributed by atoms with van der Waals surface area (Å²) in [6, 6.07) is 14.6. The lowest BCUT2D eigenvalue weighted by Gasteiger charge is -2.16. The van der Waals surface area contributed by atoms with Gasteiger partial charge < -0.3 is 14.1 Å². The van der Waals surface area contributed by atoms with Gasteiger partial charge in [-0.2, -0.15) is 0 Å². The number of nitrogens with zero attached hydrogens (tertiary/aromatic N) is 1. The normalized spacial score (nSPS) is 16.1. The molecular formula is C24H22ClNO5. The first-order valence-electron chi connectivity index (χ1n) is 10.1. The highest BCUT2D eigenvalue weighted by atomic mass is 35.5. The van der Waals surface area contributed by atoms with Crippen molar-refractivity contribution in [2.75, 3.05) is 13.1 Å². The Kier molecular flexibility index (Phi) is 6.09. The van der Waals surface area contributed by atoms with Gasteiger partial charge in [0.05, 0.1) is 5.92 Å². The van der Waals surface area contributed by atoms with Gasteiger partial charge in [0, 0.05) is 41.5 Å². The van der Waals surface area contributed by atoms with Crippen LogP contribution >= 0.6 is 11.6 Å². The molecule has 0 spiro atoms.